The molecule has 0 spiro atoms. The fourth-order valence-electron chi connectivity index (χ4n) is 2.15. The van der Waals surface area contributed by atoms with Gasteiger partial charge in [0.05, 0.1) is 0 Å². The monoisotopic (exact) mass is 252 g/mol. The van der Waals surface area contributed by atoms with Crippen molar-refractivity contribution in [3.63, 3.8) is 0 Å². The van der Waals surface area contributed by atoms with E-state index in [1.54, 1.807) is 0 Å². The number of hydrogen-bond donors (Lipinski definition) is 3. The lowest BCUT2D eigenvalue weighted by Crippen LogP contribution is -2.42. The van der Waals surface area contributed by atoms with Crippen LogP contribution in [0.4, 0.5) is 5.69 Å². The summed E-state index contributed by atoms with van der Waals surface area (Å²) < 4.78 is 5.59. The second kappa shape index (κ2) is 4.72. The summed E-state index contributed by atoms with van der Waals surface area (Å²) in [5.74, 6) is -0.855. The molecule has 3 N–H and O–H groups in total. The molecule has 0 radical (unpaired) electrons. The van der Waals surface area contributed by atoms with E-state index in [1.165, 1.54) is 6.07 Å². The standard InChI is InChI=1S/C12H16N2O4/c1-3-6(4-2)9-10(15)13-7-5-8(12(16)17)14-11(7)18-9/h5-6,9,14H,3-4H2,1-2H3,(H,13,15)(H,16,17). The van der Waals surface area contributed by atoms with E-state index in [0.29, 0.717) is 11.6 Å². The maximum absolute atomic E-state index is 11.9. The third kappa shape index (κ3) is 2.05. The van der Waals surface area contributed by atoms with Crippen LogP contribution in [0.1, 0.15) is 37.2 Å². The second-order valence-electron chi connectivity index (χ2n) is 4.34. The van der Waals surface area contributed by atoms with Gasteiger partial charge in [-0.3, -0.25) is 4.79 Å². The summed E-state index contributed by atoms with van der Waals surface area (Å²) in [5, 5.41) is 11.5. The molecule has 1 aromatic heterocycles. The average molecular weight is 252 g/mol. The van der Waals surface area contributed by atoms with Gasteiger partial charge in [-0.2, -0.15) is 0 Å². The first-order chi connectivity index (χ1) is 8.56. The third-order valence-corrected chi connectivity index (χ3v) is 3.25. The van der Waals surface area contributed by atoms with Crippen molar-refractivity contribution in [1.29, 1.82) is 0 Å². The summed E-state index contributed by atoms with van der Waals surface area (Å²) >= 11 is 0. The fraction of sp³-hybridized carbons (Fsp3) is 0.500. The molecule has 0 saturated carbocycles. The van der Waals surface area contributed by atoms with Gasteiger partial charge in [0, 0.05) is 5.92 Å². The fourth-order valence-corrected chi connectivity index (χ4v) is 2.15. The van der Waals surface area contributed by atoms with E-state index in [-0.39, 0.29) is 17.5 Å². The number of carbonyl (C=O) groups excluding carboxylic acids is 1. The minimum Gasteiger partial charge on any atom is -0.477 e. The summed E-state index contributed by atoms with van der Waals surface area (Å²) in [7, 11) is 0. The van der Waals surface area contributed by atoms with Gasteiger partial charge >= 0.3 is 5.97 Å². The summed E-state index contributed by atoms with van der Waals surface area (Å²) in [6, 6.07) is 1.36. The van der Waals surface area contributed by atoms with Gasteiger partial charge in [-0.15, -0.1) is 0 Å². The lowest BCUT2D eigenvalue weighted by Gasteiger charge is -2.28. The number of carbonyl (C=O) groups is 2. The molecule has 1 aromatic rings. The topological polar surface area (TPSA) is 91.4 Å². The van der Waals surface area contributed by atoms with Gasteiger partial charge in [0.25, 0.3) is 5.91 Å². The molecule has 1 unspecified atom stereocenters. The molecule has 2 rings (SSSR count). The van der Waals surface area contributed by atoms with Crippen LogP contribution in [0, 0.1) is 5.92 Å². The first-order valence-corrected chi connectivity index (χ1v) is 6.00. The predicted octanol–water partition coefficient (Wildman–Crippen LogP) is 1.85. The molecule has 0 fully saturated rings. The number of nitrogens with one attached hydrogen (secondary N) is 2. The van der Waals surface area contributed by atoms with Crippen molar-refractivity contribution in [2.24, 2.45) is 5.92 Å². The van der Waals surface area contributed by atoms with E-state index in [9.17, 15) is 9.59 Å². The predicted molar refractivity (Wildman–Crippen MR) is 64.9 cm³/mol. The SMILES string of the molecule is CCC(CC)C1Oc2[nH]c(C(=O)O)cc2NC1=O. The highest BCUT2D eigenvalue weighted by molar-refractivity contribution is 5.99. The number of aromatic carboxylic acids is 1. The van der Waals surface area contributed by atoms with E-state index in [4.69, 9.17) is 9.84 Å². The minimum absolute atomic E-state index is 0.00509. The molecule has 0 bridgehead atoms. The molecule has 1 atom stereocenters. The molecule has 1 aliphatic heterocycles. The van der Waals surface area contributed by atoms with Gasteiger partial charge in [-0.25, -0.2) is 4.79 Å². The van der Waals surface area contributed by atoms with Crippen LogP contribution in [-0.2, 0) is 4.79 Å². The normalized spacial score (nSPS) is 18.2. The van der Waals surface area contributed by atoms with Crippen molar-refractivity contribution in [3.8, 4) is 5.88 Å². The minimum atomic E-state index is -1.08. The zero-order valence-corrected chi connectivity index (χ0v) is 10.3. The zero-order chi connectivity index (χ0) is 13.3. The summed E-state index contributed by atoms with van der Waals surface area (Å²) in [5.41, 5.74) is 0.394. The first kappa shape index (κ1) is 12.5. The number of amides is 1. The summed E-state index contributed by atoms with van der Waals surface area (Å²) in [4.78, 5) is 25.4. The number of carboxylic acid groups (broad SMARTS) is 1. The molecule has 0 aromatic carbocycles. The van der Waals surface area contributed by atoms with Gasteiger partial charge in [0.2, 0.25) is 5.88 Å². The number of carboxylic acids is 1. The number of hydrogen-bond acceptors (Lipinski definition) is 3. The van der Waals surface area contributed by atoms with E-state index in [0.717, 1.165) is 12.8 Å². The van der Waals surface area contributed by atoms with Crippen molar-refractivity contribution in [3.05, 3.63) is 11.8 Å². The van der Waals surface area contributed by atoms with Crippen molar-refractivity contribution >= 4 is 17.6 Å². The Kier molecular flexibility index (Phi) is 3.27. The van der Waals surface area contributed by atoms with E-state index in [2.05, 4.69) is 10.3 Å². The van der Waals surface area contributed by atoms with Gasteiger partial charge in [0.1, 0.15) is 11.4 Å². The smallest absolute Gasteiger partial charge is 0.352 e. The Morgan fingerprint density at radius 1 is 1.50 bits per heavy atom. The second-order valence-corrected chi connectivity index (χ2v) is 4.34. The van der Waals surface area contributed by atoms with E-state index >= 15 is 0 Å². The Balaban J connectivity index is 2.26. The highest BCUT2D eigenvalue weighted by Gasteiger charge is 2.34. The number of anilines is 1. The van der Waals surface area contributed by atoms with Crippen molar-refractivity contribution < 1.29 is 19.4 Å². The van der Waals surface area contributed by atoms with Gasteiger partial charge in [0.15, 0.2) is 6.10 Å². The van der Waals surface area contributed by atoms with Gasteiger partial charge < -0.3 is 20.1 Å². The zero-order valence-electron chi connectivity index (χ0n) is 10.3. The molecule has 18 heavy (non-hydrogen) atoms. The Bertz CT molecular complexity index is 476. The molecule has 0 saturated heterocycles. The van der Waals surface area contributed by atoms with Crippen LogP contribution in [0.2, 0.25) is 0 Å². The molecule has 1 aliphatic rings. The molecule has 2 heterocycles. The van der Waals surface area contributed by atoms with Crippen molar-refractivity contribution in [1.82, 2.24) is 4.98 Å². The molecule has 98 valence electrons. The molecule has 0 aliphatic carbocycles. The van der Waals surface area contributed by atoms with Crippen LogP contribution in [0.3, 0.4) is 0 Å². The van der Waals surface area contributed by atoms with E-state index in [1.807, 2.05) is 13.8 Å². The Labute approximate surface area is 104 Å². The number of ether oxygens (including phenoxy) is 1. The number of H-pyrrole nitrogens is 1. The van der Waals surface area contributed by atoms with Crippen LogP contribution in [0.5, 0.6) is 5.88 Å². The van der Waals surface area contributed by atoms with Crippen LogP contribution in [0.15, 0.2) is 6.07 Å². The van der Waals surface area contributed by atoms with E-state index < -0.39 is 12.1 Å². The lowest BCUT2D eigenvalue weighted by atomic mass is 9.95. The third-order valence-electron chi connectivity index (χ3n) is 3.25. The molecule has 6 heteroatoms. The highest BCUT2D eigenvalue weighted by Crippen LogP contribution is 2.33. The van der Waals surface area contributed by atoms with Crippen molar-refractivity contribution in [2.75, 3.05) is 5.32 Å². The molecular weight excluding hydrogens is 236 g/mol. The molecule has 1 amide bonds. The highest BCUT2D eigenvalue weighted by atomic mass is 16.5. The summed E-state index contributed by atoms with van der Waals surface area (Å²) in [6.45, 7) is 4.00. The van der Waals surface area contributed by atoms with Gasteiger partial charge in [-0.1, -0.05) is 13.8 Å². The number of fused-ring (bicyclic) bond motifs is 1. The maximum Gasteiger partial charge on any atom is 0.352 e. The first-order valence-electron chi connectivity index (χ1n) is 6.00. The van der Waals surface area contributed by atoms with Crippen LogP contribution in [-0.4, -0.2) is 28.1 Å². The van der Waals surface area contributed by atoms with Crippen LogP contribution >= 0.6 is 0 Å². The van der Waals surface area contributed by atoms with Crippen LogP contribution in [0.25, 0.3) is 0 Å². The molecule has 6 nitrogen and oxygen atoms in total. The Morgan fingerprint density at radius 2 is 2.17 bits per heavy atom. The average Bonchev–Trinajstić information content (AvgIpc) is 2.74. The number of aromatic nitrogens is 1. The largest absolute Gasteiger partial charge is 0.477 e. The molecular formula is C12H16N2O4. The number of aromatic amines is 1. The van der Waals surface area contributed by atoms with Gasteiger partial charge in [-0.05, 0) is 18.9 Å². The van der Waals surface area contributed by atoms with Crippen LogP contribution < -0.4 is 10.1 Å². The summed E-state index contributed by atoms with van der Waals surface area (Å²) in [6.07, 6.45) is 1.10. The Morgan fingerprint density at radius 3 is 2.72 bits per heavy atom. The quantitative estimate of drug-likeness (QED) is 0.762. The van der Waals surface area contributed by atoms with Crippen molar-refractivity contribution in [2.45, 2.75) is 32.8 Å². The lowest BCUT2D eigenvalue weighted by molar-refractivity contribution is -0.126. The maximum atomic E-state index is 11.9. The number of rotatable bonds is 4. The Hall–Kier alpha value is -1.98.